The highest BCUT2D eigenvalue weighted by atomic mass is 16.5. The van der Waals surface area contributed by atoms with Crippen LogP contribution >= 0.6 is 0 Å². The second kappa shape index (κ2) is 7.40. The molecule has 3 fully saturated rings. The zero-order valence-corrected chi connectivity index (χ0v) is 14.5. The summed E-state index contributed by atoms with van der Waals surface area (Å²) in [5.41, 5.74) is 1.03. The molecule has 0 aliphatic carbocycles. The minimum atomic E-state index is -0.235. The lowest BCUT2D eigenvalue weighted by atomic mass is 9.85. The van der Waals surface area contributed by atoms with E-state index in [0.717, 1.165) is 38.0 Å². The van der Waals surface area contributed by atoms with Crippen LogP contribution in [0.5, 0.6) is 0 Å². The Kier molecular flexibility index (Phi) is 4.83. The smallest absolute Gasteiger partial charge is 0.313 e. The molecule has 5 nitrogen and oxygen atoms in total. The summed E-state index contributed by atoms with van der Waals surface area (Å²) >= 11 is 0. The van der Waals surface area contributed by atoms with Gasteiger partial charge in [-0.25, -0.2) is 0 Å². The second-order valence-electron chi connectivity index (χ2n) is 7.13. The van der Waals surface area contributed by atoms with E-state index in [4.69, 9.17) is 4.74 Å². The van der Waals surface area contributed by atoms with Crippen LogP contribution in [0.15, 0.2) is 48.8 Å². The van der Waals surface area contributed by atoms with Crippen molar-refractivity contribution in [2.45, 2.75) is 37.8 Å². The van der Waals surface area contributed by atoms with E-state index in [1.54, 1.807) is 6.20 Å². The Morgan fingerprint density at radius 2 is 2.00 bits per heavy atom. The van der Waals surface area contributed by atoms with Gasteiger partial charge in [-0.1, -0.05) is 30.3 Å². The lowest BCUT2D eigenvalue weighted by Gasteiger charge is -2.44. The normalized spacial score (nSPS) is 26.3. The molecule has 4 heterocycles. The van der Waals surface area contributed by atoms with Crippen LogP contribution in [0.1, 0.15) is 30.7 Å². The maximum Gasteiger partial charge on any atom is 0.313 e. The Bertz CT molecular complexity index is 678. The van der Waals surface area contributed by atoms with E-state index in [1.807, 2.05) is 47.3 Å². The fraction of sp³-hybridized carbons (Fsp3) is 0.500. The molecule has 5 heteroatoms. The number of piperidine rings is 3. The summed E-state index contributed by atoms with van der Waals surface area (Å²) in [4.78, 5) is 15.4. The summed E-state index contributed by atoms with van der Waals surface area (Å²) in [5, 5.41) is 4.25. The van der Waals surface area contributed by atoms with Gasteiger partial charge < -0.3 is 4.74 Å². The van der Waals surface area contributed by atoms with Crippen molar-refractivity contribution in [1.82, 2.24) is 14.7 Å². The van der Waals surface area contributed by atoms with Gasteiger partial charge in [-0.05, 0) is 49.9 Å². The molecular formula is C20H25N3O2. The van der Waals surface area contributed by atoms with Gasteiger partial charge in [-0.3, -0.25) is 14.4 Å². The molecule has 0 spiro atoms. The number of hydrogen-bond donors (Lipinski definition) is 0. The van der Waals surface area contributed by atoms with Crippen LogP contribution in [-0.4, -0.2) is 46.4 Å². The monoisotopic (exact) mass is 339 g/mol. The predicted molar refractivity (Wildman–Crippen MR) is 95.1 cm³/mol. The third-order valence-corrected chi connectivity index (χ3v) is 5.56. The number of ether oxygens (including phenoxy) is 1. The maximum absolute atomic E-state index is 13.0. The molecule has 0 amide bonds. The van der Waals surface area contributed by atoms with Gasteiger partial charge in [0.25, 0.3) is 0 Å². The van der Waals surface area contributed by atoms with E-state index >= 15 is 0 Å². The molecule has 1 aromatic heterocycles. The molecule has 3 aliphatic heterocycles. The van der Waals surface area contributed by atoms with Crippen LogP contribution in [0.2, 0.25) is 0 Å². The van der Waals surface area contributed by atoms with Crippen molar-refractivity contribution in [2.75, 3.05) is 19.6 Å². The number of carbonyl (C=O) groups excluding carboxylic acids is 1. The first-order valence-electron chi connectivity index (χ1n) is 9.25. The number of esters is 1. The standard InChI is InChI=1S/C20H25N3O2/c24-20(25-19-15-22-12-7-17(19)8-13-22)18(16-5-2-1-3-6-16)9-14-23-11-4-10-21-23/h1-6,10-11,17-19H,7-9,12-15H2/t18?,19-/m0/s1. The molecule has 0 saturated carbocycles. The third kappa shape index (κ3) is 3.76. The van der Waals surface area contributed by atoms with Crippen molar-refractivity contribution in [3.63, 3.8) is 0 Å². The van der Waals surface area contributed by atoms with Gasteiger partial charge in [0, 0.05) is 25.5 Å². The molecule has 25 heavy (non-hydrogen) atoms. The first kappa shape index (κ1) is 16.3. The zero-order chi connectivity index (χ0) is 17.1. The van der Waals surface area contributed by atoms with Gasteiger partial charge in [0.05, 0.1) is 5.92 Å². The van der Waals surface area contributed by atoms with Gasteiger partial charge in [0.15, 0.2) is 0 Å². The average Bonchev–Trinajstić information content (AvgIpc) is 3.17. The first-order valence-corrected chi connectivity index (χ1v) is 9.25. The third-order valence-electron chi connectivity index (χ3n) is 5.56. The van der Waals surface area contributed by atoms with E-state index in [9.17, 15) is 4.79 Å². The topological polar surface area (TPSA) is 47.4 Å². The van der Waals surface area contributed by atoms with Crippen molar-refractivity contribution >= 4 is 5.97 Å². The van der Waals surface area contributed by atoms with E-state index in [0.29, 0.717) is 18.9 Å². The Balaban J connectivity index is 1.45. The van der Waals surface area contributed by atoms with E-state index < -0.39 is 0 Å². The molecular weight excluding hydrogens is 314 g/mol. The molecule has 3 aliphatic rings. The van der Waals surface area contributed by atoms with Crippen LogP contribution in [0.25, 0.3) is 0 Å². The van der Waals surface area contributed by atoms with Crippen LogP contribution < -0.4 is 0 Å². The minimum Gasteiger partial charge on any atom is -0.460 e. The average molecular weight is 339 g/mol. The van der Waals surface area contributed by atoms with Gasteiger partial charge in [0.1, 0.15) is 6.10 Å². The first-order chi connectivity index (χ1) is 12.3. The molecule has 1 unspecified atom stereocenters. The van der Waals surface area contributed by atoms with E-state index in [2.05, 4.69) is 10.00 Å². The minimum absolute atomic E-state index is 0.0610. The van der Waals surface area contributed by atoms with Gasteiger partial charge >= 0.3 is 5.97 Å². The van der Waals surface area contributed by atoms with E-state index in [1.165, 1.54) is 0 Å². The molecule has 0 radical (unpaired) electrons. The molecule has 2 aromatic rings. The molecule has 1 aromatic carbocycles. The largest absolute Gasteiger partial charge is 0.460 e. The van der Waals surface area contributed by atoms with Crippen molar-refractivity contribution in [3.8, 4) is 0 Å². The van der Waals surface area contributed by atoms with Gasteiger partial charge in [-0.15, -0.1) is 0 Å². The summed E-state index contributed by atoms with van der Waals surface area (Å²) in [6, 6.07) is 11.9. The summed E-state index contributed by atoms with van der Waals surface area (Å²) in [5.74, 6) is 0.217. The highest BCUT2D eigenvalue weighted by molar-refractivity contribution is 5.78. The summed E-state index contributed by atoms with van der Waals surface area (Å²) in [6.07, 6.45) is 6.77. The molecule has 0 N–H and O–H groups in total. The fourth-order valence-electron chi connectivity index (χ4n) is 4.08. The summed E-state index contributed by atoms with van der Waals surface area (Å²) < 4.78 is 7.87. The Morgan fingerprint density at radius 3 is 2.64 bits per heavy atom. The van der Waals surface area contributed by atoms with Crippen molar-refractivity contribution < 1.29 is 9.53 Å². The molecule has 5 rings (SSSR count). The number of benzene rings is 1. The number of fused-ring (bicyclic) bond motifs is 3. The number of rotatable bonds is 6. The van der Waals surface area contributed by atoms with Gasteiger partial charge in [-0.2, -0.15) is 5.10 Å². The quantitative estimate of drug-likeness (QED) is 0.759. The molecule has 2 bridgehead atoms. The lowest BCUT2D eigenvalue weighted by Crippen LogP contribution is -2.52. The van der Waals surface area contributed by atoms with Crippen molar-refractivity contribution in [3.05, 3.63) is 54.4 Å². The van der Waals surface area contributed by atoms with Crippen LogP contribution in [0.4, 0.5) is 0 Å². The maximum atomic E-state index is 13.0. The highest BCUT2D eigenvalue weighted by Gasteiger charge is 2.37. The predicted octanol–water partition coefficient (Wildman–Crippen LogP) is 2.69. The van der Waals surface area contributed by atoms with Crippen LogP contribution in [0, 0.1) is 5.92 Å². The summed E-state index contributed by atoms with van der Waals surface area (Å²) in [7, 11) is 0. The van der Waals surface area contributed by atoms with Crippen molar-refractivity contribution in [1.29, 1.82) is 0 Å². The lowest BCUT2D eigenvalue weighted by molar-refractivity contribution is -0.161. The molecule has 2 atom stereocenters. The Morgan fingerprint density at radius 1 is 1.20 bits per heavy atom. The fourth-order valence-corrected chi connectivity index (χ4v) is 4.08. The second-order valence-corrected chi connectivity index (χ2v) is 7.13. The number of hydrogen-bond acceptors (Lipinski definition) is 4. The van der Waals surface area contributed by atoms with E-state index in [-0.39, 0.29) is 18.0 Å². The number of carbonyl (C=O) groups is 1. The Hall–Kier alpha value is -2.14. The van der Waals surface area contributed by atoms with Crippen LogP contribution in [0.3, 0.4) is 0 Å². The number of aryl methyl sites for hydroxylation is 1. The number of nitrogens with zero attached hydrogens (tertiary/aromatic N) is 3. The SMILES string of the molecule is O=C(O[C@H]1CN2CCC1CC2)C(CCn1cccn1)c1ccccc1. The zero-order valence-electron chi connectivity index (χ0n) is 14.5. The Labute approximate surface area is 148 Å². The van der Waals surface area contributed by atoms with Gasteiger partial charge in [0.2, 0.25) is 0 Å². The van der Waals surface area contributed by atoms with Crippen molar-refractivity contribution in [2.24, 2.45) is 5.92 Å². The van der Waals surface area contributed by atoms with Crippen LogP contribution in [-0.2, 0) is 16.1 Å². The number of aromatic nitrogens is 2. The molecule has 132 valence electrons. The summed E-state index contributed by atoms with van der Waals surface area (Å²) in [6.45, 7) is 3.92. The molecule has 3 saturated heterocycles. The highest BCUT2D eigenvalue weighted by Crippen LogP contribution is 2.31.